The Labute approximate surface area is 96.1 Å². The molecule has 1 aromatic heterocycles. The van der Waals surface area contributed by atoms with Gasteiger partial charge in [0.05, 0.1) is 5.69 Å². The zero-order chi connectivity index (χ0) is 11.0. The maximum atomic E-state index is 4.75. The van der Waals surface area contributed by atoms with Crippen molar-refractivity contribution >= 4 is 5.95 Å². The second-order valence-electron chi connectivity index (χ2n) is 4.81. The van der Waals surface area contributed by atoms with Crippen LogP contribution in [0.3, 0.4) is 0 Å². The summed E-state index contributed by atoms with van der Waals surface area (Å²) in [6.07, 6.45) is 4.55. The molecule has 1 N–H and O–H groups in total. The van der Waals surface area contributed by atoms with E-state index < -0.39 is 0 Å². The fourth-order valence-corrected chi connectivity index (χ4v) is 2.56. The molecule has 4 heteroatoms. The van der Waals surface area contributed by atoms with E-state index in [9.17, 15) is 0 Å². The van der Waals surface area contributed by atoms with Gasteiger partial charge in [-0.2, -0.15) is 0 Å². The molecular weight excluding hydrogens is 200 g/mol. The van der Waals surface area contributed by atoms with Gasteiger partial charge in [-0.1, -0.05) is 6.92 Å². The van der Waals surface area contributed by atoms with E-state index in [-0.39, 0.29) is 0 Å². The van der Waals surface area contributed by atoms with E-state index >= 15 is 0 Å². The minimum atomic E-state index is 0.508. The van der Waals surface area contributed by atoms with Crippen molar-refractivity contribution in [3.05, 3.63) is 17.5 Å². The summed E-state index contributed by atoms with van der Waals surface area (Å²) in [6.45, 7) is 6.41. The van der Waals surface area contributed by atoms with Crippen LogP contribution < -0.4 is 10.2 Å². The summed E-state index contributed by atoms with van der Waals surface area (Å²) in [5.41, 5.74) is 2.51. The molecule has 0 amide bonds. The fourth-order valence-electron chi connectivity index (χ4n) is 2.56. The van der Waals surface area contributed by atoms with Gasteiger partial charge >= 0.3 is 0 Å². The van der Waals surface area contributed by atoms with Crippen molar-refractivity contribution < 1.29 is 0 Å². The number of rotatable bonds is 1. The summed E-state index contributed by atoms with van der Waals surface area (Å²) in [5, 5.41) is 3.39. The van der Waals surface area contributed by atoms with Crippen LogP contribution in [0.25, 0.3) is 0 Å². The van der Waals surface area contributed by atoms with Gasteiger partial charge in [-0.3, -0.25) is 0 Å². The first-order valence-corrected chi connectivity index (χ1v) is 6.16. The number of nitrogens with zero attached hydrogens (tertiary/aromatic N) is 3. The van der Waals surface area contributed by atoms with Gasteiger partial charge in [0, 0.05) is 43.9 Å². The van der Waals surface area contributed by atoms with E-state index in [0.29, 0.717) is 5.92 Å². The minimum absolute atomic E-state index is 0.508. The molecule has 2 aliphatic heterocycles. The zero-order valence-corrected chi connectivity index (χ0v) is 9.74. The molecule has 1 fully saturated rings. The van der Waals surface area contributed by atoms with Crippen LogP contribution in [0, 0.1) is 0 Å². The Kier molecular flexibility index (Phi) is 2.52. The Morgan fingerprint density at radius 3 is 3.00 bits per heavy atom. The lowest BCUT2D eigenvalue weighted by atomic mass is 9.99. The summed E-state index contributed by atoms with van der Waals surface area (Å²) in [4.78, 5) is 11.5. The Morgan fingerprint density at radius 2 is 2.19 bits per heavy atom. The van der Waals surface area contributed by atoms with Gasteiger partial charge in [0.1, 0.15) is 0 Å². The number of anilines is 1. The summed E-state index contributed by atoms with van der Waals surface area (Å²) < 4.78 is 0. The van der Waals surface area contributed by atoms with Crippen molar-refractivity contribution in [2.75, 3.05) is 24.5 Å². The molecule has 3 heterocycles. The first kappa shape index (κ1) is 10.0. The van der Waals surface area contributed by atoms with Gasteiger partial charge < -0.3 is 10.2 Å². The monoisotopic (exact) mass is 218 g/mol. The highest BCUT2D eigenvalue weighted by molar-refractivity contribution is 5.36. The van der Waals surface area contributed by atoms with E-state index in [1.54, 1.807) is 0 Å². The molecule has 1 atom stereocenters. The first-order valence-electron chi connectivity index (χ1n) is 6.16. The summed E-state index contributed by atoms with van der Waals surface area (Å²) in [7, 11) is 0. The molecular formula is C12H18N4. The van der Waals surface area contributed by atoms with Gasteiger partial charge in [0.15, 0.2) is 0 Å². The number of fused-ring (bicyclic) bond motifs is 1. The van der Waals surface area contributed by atoms with E-state index in [1.807, 2.05) is 6.20 Å². The third kappa shape index (κ3) is 1.67. The number of nitrogens with one attached hydrogen (secondary N) is 1. The molecule has 0 aliphatic carbocycles. The Balaban J connectivity index is 1.93. The lowest BCUT2D eigenvalue weighted by Crippen LogP contribution is -2.29. The van der Waals surface area contributed by atoms with Gasteiger partial charge in [-0.15, -0.1) is 0 Å². The number of hydrogen-bond donors (Lipinski definition) is 1. The smallest absolute Gasteiger partial charge is 0.225 e. The summed E-state index contributed by atoms with van der Waals surface area (Å²) in [6, 6.07) is 0. The molecule has 4 nitrogen and oxygen atoms in total. The minimum Gasteiger partial charge on any atom is -0.341 e. The quantitative estimate of drug-likeness (QED) is 0.771. The van der Waals surface area contributed by atoms with Crippen LogP contribution in [-0.4, -0.2) is 29.6 Å². The number of hydrogen-bond acceptors (Lipinski definition) is 4. The predicted molar refractivity (Wildman–Crippen MR) is 63.6 cm³/mol. The second kappa shape index (κ2) is 4.01. The fraction of sp³-hybridized carbons (Fsp3) is 0.667. The molecule has 86 valence electrons. The number of aromatic nitrogens is 2. The van der Waals surface area contributed by atoms with Crippen LogP contribution >= 0.6 is 0 Å². The van der Waals surface area contributed by atoms with Crippen molar-refractivity contribution in [3.63, 3.8) is 0 Å². The largest absolute Gasteiger partial charge is 0.341 e. The zero-order valence-electron chi connectivity index (χ0n) is 9.74. The third-order valence-corrected chi connectivity index (χ3v) is 3.51. The Bertz CT molecular complexity index is 385. The van der Waals surface area contributed by atoms with Crippen molar-refractivity contribution in [1.29, 1.82) is 0 Å². The van der Waals surface area contributed by atoms with Crippen molar-refractivity contribution in [1.82, 2.24) is 15.3 Å². The van der Waals surface area contributed by atoms with Gasteiger partial charge in [0.25, 0.3) is 0 Å². The van der Waals surface area contributed by atoms with Gasteiger partial charge in [-0.05, 0) is 12.8 Å². The van der Waals surface area contributed by atoms with Crippen molar-refractivity contribution in [2.45, 2.75) is 32.2 Å². The maximum absolute atomic E-state index is 4.75. The van der Waals surface area contributed by atoms with Crippen LogP contribution in [0.4, 0.5) is 5.95 Å². The molecule has 2 aliphatic rings. The summed E-state index contributed by atoms with van der Waals surface area (Å²) in [5.74, 6) is 1.44. The molecule has 16 heavy (non-hydrogen) atoms. The van der Waals surface area contributed by atoms with Crippen molar-refractivity contribution in [2.24, 2.45) is 0 Å². The highest BCUT2D eigenvalue weighted by Gasteiger charge is 2.21. The van der Waals surface area contributed by atoms with E-state index in [1.165, 1.54) is 24.1 Å². The predicted octanol–water partition coefficient (Wildman–Crippen LogP) is 1.28. The highest BCUT2D eigenvalue weighted by Crippen LogP contribution is 2.24. The lowest BCUT2D eigenvalue weighted by Gasteiger charge is -2.24. The second-order valence-corrected chi connectivity index (χ2v) is 4.81. The van der Waals surface area contributed by atoms with Gasteiger partial charge in [-0.25, -0.2) is 9.97 Å². The van der Waals surface area contributed by atoms with Crippen LogP contribution in [0.2, 0.25) is 0 Å². The van der Waals surface area contributed by atoms with E-state index in [2.05, 4.69) is 22.1 Å². The van der Waals surface area contributed by atoms with E-state index in [4.69, 9.17) is 4.98 Å². The SMILES string of the molecule is CC1CNCc2cnc(N3CCCC3)nc21. The Morgan fingerprint density at radius 1 is 1.38 bits per heavy atom. The average Bonchev–Trinajstić information content (AvgIpc) is 2.83. The highest BCUT2D eigenvalue weighted by atomic mass is 15.3. The normalized spacial score (nSPS) is 24.6. The molecule has 1 saturated heterocycles. The molecule has 3 rings (SSSR count). The molecule has 0 saturated carbocycles. The Hall–Kier alpha value is -1.16. The van der Waals surface area contributed by atoms with Crippen LogP contribution in [-0.2, 0) is 6.54 Å². The summed E-state index contributed by atoms with van der Waals surface area (Å²) >= 11 is 0. The maximum Gasteiger partial charge on any atom is 0.225 e. The molecule has 0 aromatic carbocycles. The molecule has 0 radical (unpaired) electrons. The lowest BCUT2D eigenvalue weighted by molar-refractivity contribution is 0.552. The molecule has 0 bridgehead atoms. The molecule has 1 unspecified atom stereocenters. The van der Waals surface area contributed by atoms with Crippen LogP contribution in [0.5, 0.6) is 0 Å². The van der Waals surface area contributed by atoms with E-state index in [0.717, 1.165) is 32.1 Å². The topological polar surface area (TPSA) is 41.1 Å². The average molecular weight is 218 g/mol. The third-order valence-electron chi connectivity index (χ3n) is 3.51. The standard InChI is InChI=1S/C12H18N4/c1-9-6-13-7-10-8-14-12(15-11(9)10)16-4-2-3-5-16/h8-9,13H,2-7H2,1H3. The van der Waals surface area contributed by atoms with Crippen LogP contribution in [0.1, 0.15) is 36.9 Å². The van der Waals surface area contributed by atoms with Crippen LogP contribution in [0.15, 0.2) is 6.20 Å². The molecule has 0 spiro atoms. The van der Waals surface area contributed by atoms with Gasteiger partial charge in [0.2, 0.25) is 5.95 Å². The first-order chi connectivity index (χ1) is 7.84. The molecule has 1 aromatic rings. The van der Waals surface area contributed by atoms with Crippen molar-refractivity contribution in [3.8, 4) is 0 Å².